The standard InChI is InChI=1S/C19H24N2O2/c1-14(2)13-18(22)21-12-11-20-10-6-8-16(20)19(21)15-7-4-5-9-17(15)23-3/h4-10,14,19H,11-13H2,1-3H3/t19-/m0/s1. The normalized spacial score (nSPS) is 17.2. The van der Waals surface area contributed by atoms with Gasteiger partial charge in [-0.15, -0.1) is 0 Å². The lowest BCUT2D eigenvalue weighted by molar-refractivity contribution is -0.134. The molecule has 1 atom stereocenters. The highest BCUT2D eigenvalue weighted by Gasteiger charge is 2.33. The summed E-state index contributed by atoms with van der Waals surface area (Å²) in [7, 11) is 1.68. The smallest absolute Gasteiger partial charge is 0.223 e. The van der Waals surface area contributed by atoms with Gasteiger partial charge in [0.1, 0.15) is 11.8 Å². The summed E-state index contributed by atoms with van der Waals surface area (Å²) in [6.45, 7) is 5.75. The van der Waals surface area contributed by atoms with Gasteiger partial charge in [0.2, 0.25) is 5.91 Å². The van der Waals surface area contributed by atoms with Crippen LogP contribution in [-0.2, 0) is 11.3 Å². The predicted molar refractivity (Wildman–Crippen MR) is 90.4 cm³/mol. The van der Waals surface area contributed by atoms with E-state index < -0.39 is 0 Å². The van der Waals surface area contributed by atoms with Crippen LogP contribution in [0.3, 0.4) is 0 Å². The minimum absolute atomic E-state index is 0.0823. The number of amides is 1. The van der Waals surface area contributed by atoms with Crippen molar-refractivity contribution in [3.05, 3.63) is 53.9 Å². The summed E-state index contributed by atoms with van der Waals surface area (Å²) < 4.78 is 7.78. The Labute approximate surface area is 137 Å². The van der Waals surface area contributed by atoms with E-state index in [0.29, 0.717) is 12.3 Å². The maximum atomic E-state index is 12.8. The van der Waals surface area contributed by atoms with E-state index in [-0.39, 0.29) is 11.9 Å². The third-order valence-corrected chi connectivity index (χ3v) is 4.38. The zero-order valence-electron chi connectivity index (χ0n) is 14.0. The van der Waals surface area contributed by atoms with Gasteiger partial charge < -0.3 is 14.2 Å². The monoisotopic (exact) mass is 312 g/mol. The topological polar surface area (TPSA) is 34.5 Å². The van der Waals surface area contributed by atoms with Crippen LogP contribution in [0.1, 0.15) is 37.6 Å². The van der Waals surface area contributed by atoms with Crippen LogP contribution in [0.25, 0.3) is 0 Å². The van der Waals surface area contributed by atoms with Crippen molar-refractivity contribution in [3.63, 3.8) is 0 Å². The highest BCUT2D eigenvalue weighted by molar-refractivity contribution is 5.77. The van der Waals surface area contributed by atoms with E-state index in [0.717, 1.165) is 30.1 Å². The molecular formula is C19H24N2O2. The molecule has 1 aliphatic rings. The summed E-state index contributed by atoms with van der Waals surface area (Å²) in [6, 6.07) is 12.1. The largest absolute Gasteiger partial charge is 0.496 e. The van der Waals surface area contributed by atoms with Gasteiger partial charge in [0.25, 0.3) is 0 Å². The van der Waals surface area contributed by atoms with Crippen LogP contribution in [0, 0.1) is 5.92 Å². The molecule has 0 fully saturated rings. The first-order chi connectivity index (χ1) is 11.1. The van der Waals surface area contributed by atoms with Crippen LogP contribution in [0.15, 0.2) is 42.6 Å². The fraction of sp³-hybridized carbons (Fsp3) is 0.421. The lowest BCUT2D eigenvalue weighted by Crippen LogP contribution is -2.42. The van der Waals surface area contributed by atoms with Crippen molar-refractivity contribution in [2.24, 2.45) is 5.92 Å². The number of carbonyl (C=O) groups is 1. The van der Waals surface area contributed by atoms with Gasteiger partial charge in [-0.25, -0.2) is 0 Å². The number of ether oxygens (including phenoxy) is 1. The Bertz CT molecular complexity index is 690. The maximum absolute atomic E-state index is 12.8. The second-order valence-corrected chi connectivity index (χ2v) is 6.46. The zero-order valence-corrected chi connectivity index (χ0v) is 14.0. The molecule has 1 aliphatic heterocycles. The van der Waals surface area contributed by atoms with E-state index in [9.17, 15) is 4.79 Å². The molecule has 4 heteroatoms. The molecule has 0 aliphatic carbocycles. The van der Waals surface area contributed by atoms with Crippen LogP contribution in [-0.4, -0.2) is 29.0 Å². The van der Waals surface area contributed by atoms with Crippen molar-refractivity contribution >= 4 is 5.91 Å². The number of nitrogens with zero attached hydrogens (tertiary/aromatic N) is 2. The third kappa shape index (κ3) is 2.98. The van der Waals surface area contributed by atoms with Crippen molar-refractivity contribution in [2.45, 2.75) is 32.9 Å². The number of para-hydroxylation sites is 1. The molecule has 3 rings (SSSR count). The third-order valence-electron chi connectivity index (χ3n) is 4.38. The van der Waals surface area contributed by atoms with Gasteiger partial charge in [-0.3, -0.25) is 4.79 Å². The average molecular weight is 312 g/mol. The van der Waals surface area contributed by atoms with Crippen LogP contribution in [0.4, 0.5) is 0 Å². The Balaban J connectivity index is 2.05. The van der Waals surface area contributed by atoms with Crippen LogP contribution < -0.4 is 4.74 Å². The Hall–Kier alpha value is -2.23. The minimum atomic E-state index is -0.0823. The number of fused-ring (bicyclic) bond motifs is 1. The molecule has 2 heterocycles. The molecular weight excluding hydrogens is 288 g/mol. The molecule has 0 radical (unpaired) electrons. The quantitative estimate of drug-likeness (QED) is 0.866. The SMILES string of the molecule is COc1ccccc1[C@H]1c2cccn2CCN1C(=O)CC(C)C. The van der Waals surface area contributed by atoms with E-state index in [1.54, 1.807) is 7.11 Å². The van der Waals surface area contributed by atoms with Crippen LogP contribution in [0.5, 0.6) is 5.75 Å². The lowest BCUT2D eigenvalue weighted by atomic mass is 9.97. The Morgan fingerprint density at radius 2 is 2.00 bits per heavy atom. The average Bonchev–Trinajstić information content (AvgIpc) is 3.01. The van der Waals surface area contributed by atoms with Crippen molar-refractivity contribution < 1.29 is 9.53 Å². The molecule has 1 aromatic carbocycles. The number of aromatic nitrogens is 1. The van der Waals surface area contributed by atoms with Gasteiger partial charge in [-0.05, 0) is 24.1 Å². The summed E-state index contributed by atoms with van der Waals surface area (Å²) in [5.74, 6) is 1.40. The van der Waals surface area contributed by atoms with E-state index in [1.165, 1.54) is 0 Å². The summed E-state index contributed by atoms with van der Waals surface area (Å²) >= 11 is 0. The molecule has 4 nitrogen and oxygen atoms in total. The first kappa shape index (κ1) is 15.7. The molecule has 2 aromatic rings. The molecule has 1 amide bonds. The fourth-order valence-electron chi connectivity index (χ4n) is 3.34. The Morgan fingerprint density at radius 1 is 1.22 bits per heavy atom. The van der Waals surface area contributed by atoms with Crippen molar-refractivity contribution in [1.29, 1.82) is 0 Å². The van der Waals surface area contributed by atoms with Gasteiger partial charge in [0.15, 0.2) is 0 Å². The number of carbonyl (C=O) groups excluding carboxylic acids is 1. The molecule has 0 bridgehead atoms. The number of hydrogen-bond donors (Lipinski definition) is 0. The van der Waals surface area contributed by atoms with Gasteiger partial charge in [0.05, 0.1) is 7.11 Å². The first-order valence-corrected chi connectivity index (χ1v) is 8.19. The number of methoxy groups -OCH3 is 1. The number of hydrogen-bond acceptors (Lipinski definition) is 2. The number of rotatable bonds is 4. The van der Waals surface area contributed by atoms with E-state index in [4.69, 9.17) is 4.74 Å². The van der Waals surface area contributed by atoms with Crippen molar-refractivity contribution in [1.82, 2.24) is 9.47 Å². The summed E-state index contributed by atoms with van der Waals surface area (Å²) in [4.78, 5) is 14.8. The highest BCUT2D eigenvalue weighted by atomic mass is 16.5. The van der Waals surface area contributed by atoms with E-state index in [1.807, 2.05) is 29.2 Å². The molecule has 0 saturated heterocycles. The fourth-order valence-corrected chi connectivity index (χ4v) is 3.34. The van der Waals surface area contributed by atoms with Crippen LogP contribution in [0.2, 0.25) is 0 Å². The van der Waals surface area contributed by atoms with Gasteiger partial charge in [-0.1, -0.05) is 32.0 Å². The Kier molecular flexibility index (Phi) is 4.42. The second-order valence-electron chi connectivity index (χ2n) is 6.46. The van der Waals surface area contributed by atoms with Gasteiger partial charge in [-0.2, -0.15) is 0 Å². The second kappa shape index (κ2) is 6.49. The highest BCUT2D eigenvalue weighted by Crippen LogP contribution is 2.37. The molecule has 0 N–H and O–H groups in total. The minimum Gasteiger partial charge on any atom is -0.496 e. The van der Waals surface area contributed by atoms with E-state index in [2.05, 4.69) is 36.7 Å². The lowest BCUT2D eigenvalue weighted by Gasteiger charge is -2.38. The summed E-state index contributed by atoms with van der Waals surface area (Å²) in [6.07, 6.45) is 2.66. The van der Waals surface area contributed by atoms with E-state index >= 15 is 0 Å². The molecule has 23 heavy (non-hydrogen) atoms. The summed E-state index contributed by atoms with van der Waals surface area (Å²) in [5.41, 5.74) is 2.20. The van der Waals surface area contributed by atoms with Crippen molar-refractivity contribution in [2.75, 3.05) is 13.7 Å². The maximum Gasteiger partial charge on any atom is 0.223 e. The molecule has 1 aromatic heterocycles. The van der Waals surface area contributed by atoms with Gasteiger partial charge in [0, 0.05) is 37.0 Å². The summed E-state index contributed by atoms with van der Waals surface area (Å²) in [5, 5.41) is 0. The Morgan fingerprint density at radius 3 is 2.74 bits per heavy atom. The molecule has 0 spiro atoms. The first-order valence-electron chi connectivity index (χ1n) is 8.19. The predicted octanol–water partition coefficient (Wildman–Crippen LogP) is 3.47. The molecule has 0 saturated carbocycles. The van der Waals surface area contributed by atoms with Gasteiger partial charge >= 0.3 is 0 Å². The van der Waals surface area contributed by atoms with Crippen LogP contribution >= 0.6 is 0 Å². The molecule has 0 unspecified atom stereocenters. The number of benzene rings is 1. The zero-order chi connectivity index (χ0) is 16.4. The van der Waals surface area contributed by atoms with Crippen molar-refractivity contribution in [3.8, 4) is 5.75 Å². The molecule has 122 valence electrons.